The lowest BCUT2D eigenvalue weighted by Gasteiger charge is -2.23. The Bertz CT molecular complexity index is 1380. The second-order valence-electron chi connectivity index (χ2n) is 8.99. The fourth-order valence-corrected chi connectivity index (χ4v) is 5.38. The Labute approximate surface area is 200 Å². The molecule has 0 amide bonds. The van der Waals surface area contributed by atoms with Gasteiger partial charge in [0.15, 0.2) is 0 Å². The standard InChI is InChI=1S/C27H24BrNO4/c1-4-32-26(31)23(30)21-20(24-18-13-9-8-12-17(18)14-33-24)19(16-10-6-5-7-11-16)22-25(28)27(2,3)15-29(21)22/h5-14,25H,4,15H2,1-3H3. The van der Waals surface area contributed by atoms with E-state index in [2.05, 4.69) is 29.8 Å². The number of Topliss-reactive ketones (excluding diaryl/α,β-unsaturated/α-hetero) is 1. The highest BCUT2D eigenvalue weighted by atomic mass is 79.9. The summed E-state index contributed by atoms with van der Waals surface area (Å²) in [4.78, 5) is 26.2. The topological polar surface area (TPSA) is 61.4 Å². The quantitative estimate of drug-likeness (QED) is 0.129. The molecule has 4 aromatic rings. The van der Waals surface area contributed by atoms with Crippen LogP contribution in [-0.2, 0) is 16.1 Å². The van der Waals surface area contributed by atoms with Gasteiger partial charge >= 0.3 is 5.97 Å². The molecule has 168 valence electrons. The van der Waals surface area contributed by atoms with Gasteiger partial charge < -0.3 is 13.7 Å². The number of nitrogens with zero attached hydrogens (tertiary/aromatic N) is 1. The smallest absolute Gasteiger partial charge is 0.381 e. The molecule has 5 rings (SSSR count). The average Bonchev–Trinajstić information content (AvgIpc) is 3.43. The summed E-state index contributed by atoms with van der Waals surface area (Å²) >= 11 is 3.91. The van der Waals surface area contributed by atoms with Crippen LogP contribution in [0.15, 0.2) is 65.3 Å². The zero-order valence-corrected chi connectivity index (χ0v) is 20.3. The number of carbonyl (C=O) groups excluding carboxylic acids is 2. The van der Waals surface area contributed by atoms with E-state index < -0.39 is 11.8 Å². The van der Waals surface area contributed by atoms with E-state index in [0.717, 1.165) is 27.6 Å². The molecule has 0 spiro atoms. The highest BCUT2D eigenvalue weighted by Crippen LogP contribution is 2.56. The van der Waals surface area contributed by atoms with Crippen LogP contribution in [0.2, 0.25) is 0 Å². The number of hydrogen-bond acceptors (Lipinski definition) is 4. The number of furan rings is 1. The first kappa shape index (κ1) is 21.7. The lowest BCUT2D eigenvalue weighted by molar-refractivity contribution is -0.137. The van der Waals surface area contributed by atoms with Gasteiger partial charge in [0, 0.05) is 34.0 Å². The van der Waals surface area contributed by atoms with E-state index in [1.807, 2.05) is 59.2 Å². The van der Waals surface area contributed by atoms with Gasteiger partial charge in [-0.3, -0.25) is 4.79 Å². The molecule has 0 bridgehead atoms. The van der Waals surface area contributed by atoms with Crippen molar-refractivity contribution in [2.24, 2.45) is 5.41 Å². The maximum Gasteiger partial charge on any atom is 0.381 e. The Morgan fingerprint density at radius 3 is 2.52 bits per heavy atom. The van der Waals surface area contributed by atoms with E-state index in [-0.39, 0.29) is 16.8 Å². The molecule has 0 radical (unpaired) electrons. The fraction of sp³-hybridized carbons (Fsp3) is 0.259. The number of fused-ring (bicyclic) bond motifs is 2. The largest absolute Gasteiger partial charge is 0.463 e. The molecule has 33 heavy (non-hydrogen) atoms. The van der Waals surface area contributed by atoms with Crippen LogP contribution in [0.25, 0.3) is 33.2 Å². The third kappa shape index (κ3) is 3.35. The SMILES string of the molecule is CCOC(=O)C(=O)c1c(-c2occ3ccccc23)c(-c2ccccc2)c2n1CC(C)(C)C2Br. The summed E-state index contributed by atoms with van der Waals surface area (Å²) in [6.45, 7) is 6.71. The van der Waals surface area contributed by atoms with Crippen LogP contribution >= 0.6 is 15.9 Å². The average molecular weight is 506 g/mol. The molecule has 1 unspecified atom stereocenters. The zero-order valence-electron chi connectivity index (χ0n) is 18.7. The normalized spacial score (nSPS) is 16.7. The zero-order chi connectivity index (χ0) is 23.3. The van der Waals surface area contributed by atoms with E-state index in [0.29, 0.717) is 23.6 Å². The molecule has 3 heterocycles. The second kappa shape index (κ2) is 8.03. The molecule has 0 N–H and O–H groups in total. The number of halogens is 1. The molecule has 2 aromatic carbocycles. The van der Waals surface area contributed by atoms with Crippen molar-refractivity contribution in [1.82, 2.24) is 4.57 Å². The first-order valence-electron chi connectivity index (χ1n) is 11.0. The summed E-state index contributed by atoms with van der Waals surface area (Å²) < 4.78 is 13.2. The van der Waals surface area contributed by atoms with Crippen molar-refractivity contribution in [2.75, 3.05) is 6.61 Å². The molecule has 5 nitrogen and oxygen atoms in total. The molecular formula is C27H24BrNO4. The fourth-order valence-electron chi connectivity index (χ4n) is 4.76. The van der Waals surface area contributed by atoms with Gasteiger partial charge in [-0.1, -0.05) is 84.4 Å². The summed E-state index contributed by atoms with van der Waals surface area (Å²) in [5.74, 6) is -0.935. The number of hydrogen-bond donors (Lipinski definition) is 0. The molecule has 1 aliphatic rings. The van der Waals surface area contributed by atoms with Crippen molar-refractivity contribution in [2.45, 2.75) is 32.1 Å². The highest BCUT2D eigenvalue weighted by molar-refractivity contribution is 9.09. The van der Waals surface area contributed by atoms with E-state index in [1.165, 1.54) is 0 Å². The number of rotatable bonds is 5. The number of carbonyl (C=O) groups is 2. The minimum atomic E-state index is -0.856. The lowest BCUT2D eigenvalue weighted by Crippen LogP contribution is -2.23. The maximum absolute atomic E-state index is 13.6. The van der Waals surface area contributed by atoms with Crippen LogP contribution in [-0.4, -0.2) is 22.9 Å². The Morgan fingerprint density at radius 2 is 1.79 bits per heavy atom. The van der Waals surface area contributed by atoms with Gasteiger partial charge in [0.25, 0.3) is 5.78 Å². The molecule has 2 aromatic heterocycles. The van der Waals surface area contributed by atoms with E-state index in [1.54, 1.807) is 13.2 Å². The monoisotopic (exact) mass is 505 g/mol. The third-order valence-electron chi connectivity index (χ3n) is 6.27. The van der Waals surface area contributed by atoms with Crippen LogP contribution < -0.4 is 0 Å². The van der Waals surface area contributed by atoms with E-state index >= 15 is 0 Å². The predicted molar refractivity (Wildman–Crippen MR) is 131 cm³/mol. The number of aromatic nitrogens is 1. The van der Waals surface area contributed by atoms with Crippen molar-refractivity contribution >= 4 is 38.5 Å². The number of esters is 1. The van der Waals surface area contributed by atoms with Crippen LogP contribution in [0, 0.1) is 5.41 Å². The van der Waals surface area contributed by atoms with Crippen LogP contribution in [0.3, 0.4) is 0 Å². The molecule has 0 saturated heterocycles. The maximum atomic E-state index is 13.6. The summed E-state index contributed by atoms with van der Waals surface area (Å²) in [7, 11) is 0. The van der Waals surface area contributed by atoms with E-state index in [9.17, 15) is 9.59 Å². The van der Waals surface area contributed by atoms with Crippen molar-refractivity contribution in [3.05, 3.63) is 72.2 Å². The first-order chi connectivity index (χ1) is 15.8. The molecular weight excluding hydrogens is 482 g/mol. The van der Waals surface area contributed by atoms with Crippen molar-refractivity contribution in [3.63, 3.8) is 0 Å². The predicted octanol–water partition coefficient (Wildman–Crippen LogP) is 6.79. The van der Waals surface area contributed by atoms with Crippen molar-refractivity contribution in [1.29, 1.82) is 0 Å². The van der Waals surface area contributed by atoms with E-state index in [4.69, 9.17) is 9.15 Å². The van der Waals surface area contributed by atoms with Gasteiger partial charge in [0.05, 0.1) is 23.3 Å². The Balaban J connectivity index is 1.90. The molecule has 0 aliphatic carbocycles. The molecule has 0 saturated carbocycles. The molecule has 1 atom stereocenters. The summed E-state index contributed by atoms with van der Waals surface area (Å²) in [6, 6.07) is 17.8. The number of ether oxygens (including phenoxy) is 1. The number of alkyl halides is 1. The second-order valence-corrected chi connectivity index (χ2v) is 9.90. The minimum Gasteiger partial charge on any atom is -0.463 e. The van der Waals surface area contributed by atoms with Crippen molar-refractivity contribution < 1.29 is 18.7 Å². The molecule has 1 aliphatic heterocycles. The third-order valence-corrected chi connectivity index (χ3v) is 7.94. The highest BCUT2D eigenvalue weighted by Gasteiger charge is 2.46. The lowest BCUT2D eigenvalue weighted by atomic mass is 9.87. The first-order valence-corrected chi connectivity index (χ1v) is 11.9. The van der Waals surface area contributed by atoms with Gasteiger partial charge in [0.2, 0.25) is 0 Å². The molecule has 6 heteroatoms. The van der Waals surface area contributed by atoms with Gasteiger partial charge in [0.1, 0.15) is 11.5 Å². The van der Waals surface area contributed by atoms with Crippen LogP contribution in [0.5, 0.6) is 0 Å². The van der Waals surface area contributed by atoms with Gasteiger partial charge in [-0.15, -0.1) is 0 Å². The van der Waals surface area contributed by atoms with Crippen molar-refractivity contribution in [3.8, 4) is 22.5 Å². The van der Waals surface area contributed by atoms with Gasteiger partial charge in [-0.25, -0.2) is 4.79 Å². The number of benzene rings is 2. The summed E-state index contributed by atoms with van der Waals surface area (Å²) in [5.41, 5.74) is 3.62. The molecule has 0 fully saturated rings. The van der Waals surface area contributed by atoms with Gasteiger partial charge in [-0.05, 0) is 12.5 Å². The van der Waals surface area contributed by atoms with Gasteiger partial charge in [-0.2, -0.15) is 0 Å². The summed E-state index contributed by atoms with van der Waals surface area (Å²) in [6.07, 6.45) is 1.69. The van der Waals surface area contributed by atoms with Crippen LogP contribution in [0.4, 0.5) is 0 Å². The van der Waals surface area contributed by atoms with Crippen LogP contribution in [0.1, 0.15) is 41.8 Å². The Morgan fingerprint density at radius 1 is 1.09 bits per heavy atom. The Kier molecular flexibility index (Phi) is 5.28. The Hall–Kier alpha value is -3.12. The summed E-state index contributed by atoms with van der Waals surface area (Å²) in [5, 5.41) is 1.82. The minimum absolute atomic E-state index is 0.0241. The number of ketones is 1.